The third-order valence-electron chi connectivity index (χ3n) is 3.91. The van der Waals surface area contributed by atoms with E-state index in [-0.39, 0.29) is 17.6 Å². The minimum Gasteiger partial charge on any atom is -0.484 e. The second-order valence-electron chi connectivity index (χ2n) is 5.85. The van der Waals surface area contributed by atoms with E-state index in [4.69, 9.17) is 15.2 Å². The number of hydrogen-bond donors (Lipinski definition) is 2. The zero-order valence-electron chi connectivity index (χ0n) is 13.4. The normalized spacial score (nSPS) is 17.4. The maximum atomic E-state index is 12.2. The number of rotatable bonds is 5. The lowest BCUT2D eigenvalue weighted by Crippen LogP contribution is -2.44. The number of aryl methyl sites for hydroxylation is 1. The van der Waals surface area contributed by atoms with Crippen LogP contribution in [0.5, 0.6) is 5.75 Å². The molecule has 1 amide bonds. The molecule has 2 rings (SSSR count). The maximum absolute atomic E-state index is 12.2. The SMILES string of the molecule is Cc1cc(NC(=O)C(N)C2CCOCC2)ccc1OCC(F)(F)F. The van der Waals surface area contributed by atoms with E-state index in [0.29, 0.717) is 24.5 Å². The highest BCUT2D eigenvalue weighted by Gasteiger charge is 2.29. The van der Waals surface area contributed by atoms with Crippen molar-refractivity contribution in [1.29, 1.82) is 0 Å². The molecule has 1 unspecified atom stereocenters. The number of carbonyl (C=O) groups is 1. The molecule has 1 atom stereocenters. The Morgan fingerprint density at radius 1 is 1.42 bits per heavy atom. The lowest BCUT2D eigenvalue weighted by atomic mass is 9.92. The lowest BCUT2D eigenvalue weighted by molar-refractivity contribution is -0.153. The Labute approximate surface area is 138 Å². The van der Waals surface area contributed by atoms with E-state index in [1.807, 2.05) is 0 Å². The molecule has 1 saturated heterocycles. The standard InChI is InChI=1S/C16H21F3N2O3/c1-10-8-12(2-3-13(10)24-9-16(17,18)19)21-15(22)14(20)11-4-6-23-7-5-11/h2-3,8,11,14H,4-7,9,20H2,1H3,(H,21,22). The molecule has 24 heavy (non-hydrogen) atoms. The number of ether oxygens (including phenoxy) is 2. The molecule has 1 heterocycles. The number of hydrogen-bond acceptors (Lipinski definition) is 4. The molecule has 8 heteroatoms. The Hall–Kier alpha value is -1.80. The average Bonchev–Trinajstić information content (AvgIpc) is 2.53. The monoisotopic (exact) mass is 346 g/mol. The van der Waals surface area contributed by atoms with E-state index in [1.54, 1.807) is 13.0 Å². The van der Waals surface area contributed by atoms with Crippen LogP contribution in [0.1, 0.15) is 18.4 Å². The number of carbonyl (C=O) groups excluding carboxylic acids is 1. The zero-order valence-corrected chi connectivity index (χ0v) is 13.4. The maximum Gasteiger partial charge on any atom is 0.422 e. The molecule has 134 valence electrons. The molecule has 0 radical (unpaired) electrons. The summed E-state index contributed by atoms with van der Waals surface area (Å²) in [6.45, 7) is 1.44. The largest absolute Gasteiger partial charge is 0.484 e. The van der Waals surface area contributed by atoms with E-state index in [0.717, 1.165) is 12.8 Å². The first-order chi connectivity index (χ1) is 11.3. The van der Waals surface area contributed by atoms with E-state index >= 15 is 0 Å². The lowest BCUT2D eigenvalue weighted by Gasteiger charge is -2.26. The van der Waals surface area contributed by atoms with Gasteiger partial charge in [-0.15, -0.1) is 0 Å². The minimum atomic E-state index is -4.39. The molecule has 0 aliphatic carbocycles. The Kier molecular flexibility index (Phi) is 6.06. The molecule has 0 spiro atoms. The van der Waals surface area contributed by atoms with Gasteiger partial charge in [-0.2, -0.15) is 13.2 Å². The Morgan fingerprint density at radius 3 is 2.67 bits per heavy atom. The van der Waals surface area contributed by atoms with E-state index < -0.39 is 18.8 Å². The molecule has 3 N–H and O–H groups in total. The smallest absolute Gasteiger partial charge is 0.422 e. The van der Waals surface area contributed by atoms with Gasteiger partial charge in [-0.05, 0) is 49.4 Å². The molecule has 0 aromatic heterocycles. The van der Waals surface area contributed by atoms with Crippen LogP contribution in [0.15, 0.2) is 18.2 Å². The van der Waals surface area contributed by atoms with Gasteiger partial charge in [0.05, 0.1) is 6.04 Å². The molecule has 5 nitrogen and oxygen atoms in total. The summed E-state index contributed by atoms with van der Waals surface area (Å²) in [5.41, 5.74) is 6.95. The van der Waals surface area contributed by atoms with Crippen LogP contribution in [0.3, 0.4) is 0 Å². The molecule has 1 fully saturated rings. The van der Waals surface area contributed by atoms with Crippen LogP contribution < -0.4 is 15.8 Å². The average molecular weight is 346 g/mol. The van der Waals surface area contributed by atoms with Gasteiger partial charge >= 0.3 is 6.18 Å². The summed E-state index contributed by atoms with van der Waals surface area (Å²) in [6.07, 6.45) is -2.93. The topological polar surface area (TPSA) is 73.6 Å². The van der Waals surface area contributed by atoms with Crippen molar-refractivity contribution in [3.05, 3.63) is 23.8 Å². The zero-order chi connectivity index (χ0) is 17.7. The number of alkyl halides is 3. The molecule has 0 bridgehead atoms. The van der Waals surface area contributed by atoms with Crippen LogP contribution in [0.4, 0.5) is 18.9 Å². The summed E-state index contributed by atoms with van der Waals surface area (Å²) in [6, 6.07) is 3.81. The fourth-order valence-electron chi connectivity index (χ4n) is 2.56. The van der Waals surface area contributed by atoms with Crippen LogP contribution in [-0.2, 0) is 9.53 Å². The highest BCUT2D eigenvalue weighted by Crippen LogP contribution is 2.25. The second kappa shape index (κ2) is 7.85. The van der Waals surface area contributed by atoms with Crippen molar-refractivity contribution in [2.75, 3.05) is 25.1 Å². The number of nitrogens with two attached hydrogens (primary N) is 1. The Bertz CT molecular complexity index is 572. The van der Waals surface area contributed by atoms with Gasteiger partial charge in [0.2, 0.25) is 5.91 Å². The molecule has 1 aromatic rings. The first-order valence-electron chi connectivity index (χ1n) is 7.70. The van der Waals surface area contributed by atoms with Crippen molar-refractivity contribution < 1.29 is 27.4 Å². The van der Waals surface area contributed by atoms with Gasteiger partial charge in [0.25, 0.3) is 0 Å². The fraction of sp³-hybridized carbons (Fsp3) is 0.562. The molecule has 1 aromatic carbocycles. The van der Waals surface area contributed by atoms with Crippen molar-refractivity contribution in [3.63, 3.8) is 0 Å². The van der Waals surface area contributed by atoms with Crippen molar-refractivity contribution in [1.82, 2.24) is 0 Å². The Morgan fingerprint density at radius 2 is 2.08 bits per heavy atom. The van der Waals surface area contributed by atoms with Crippen molar-refractivity contribution in [2.45, 2.75) is 32.0 Å². The summed E-state index contributed by atoms with van der Waals surface area (Å²) in [7, 11) is 0. The van der Waals surface area contributed by atoms with Gasteiger partial charge in [-0.3, -0.25) is 4.79 Å². The third-order valence-corrected chi connectivity index (χ3v) is 3.91. The van der Waals surface area contributed by atoms with Crippen LogP contribution in [0.2, 0.25) is 0 Å². The van der Waals surface area contributed by atoms with Crippen molar-refractivity contribution >= 4 is 11.6 Å². The second-order valence-corrected chi connectivity index (χ2v) is 5.85. The summed E-state index contributed by atoms with van der Waals surface area (Å²) < 4.78 is 46.5. The van der Waals surface area contributed by atoms with E-state index in [2.05, 4.69) is 5.32 Å². The van der Waals surface area contributed by atoms with Gasteiger partial charge in [0, 0.05) is 18.9 Å². The summed E-state index contributed by atoms with van der Waals surface area (Å²) in [4.78, 5) is 12.2. The molecule has 1 aliphatic heterocycles. The Balaban J connectivity index is 1.94. The number of anilines is 1. The number of benzene rings is 1. The van der Waals surface area contributed by atoms with Gasteiger partial charge in [-0.25, -0.2) is 0 Å². The summed E-state index contributed by atoms with van der Waals surface area (Å²) in [5, 5.41) is 2.70. The van der Waals surface area contributed by atoms with E-state index in [1.165, 1.54) is 12.1 Å². The fourth-order valence-corrected chi connectivity index (χ4v) is 2.56. The predicted octanol–water partition coefficient (Wildman–Crippen LogP) is 2.63. The molecular formula is C16H21F3N2O3. The van der Waals surface area contributed by atoms with Crippen LogP contribution in [0.25, 0.3) is 0 Å². The first kappa shape index (κ1) is 18.5. The van der Waals surface area contributed by atoms with Crippen LogP contribution >= 0.6 is 0 Å². The van der Waals surface area contributed by atoms with Crippen LogP contribution in [-0.4, -0.2) is 37.9 Å². The third kappa shape index (κ3) is 5.38. The van der Waals surface area contributed by atoms with Gasteiger partial charge in [-0.1, -0.05) is 0 Å². The number of halogens is 3. The summed E-state index contributed by atoms with van der Waals surface area (Å²) in [5.74, 6) is -0.126. The highest BCUT2D eigenvalue weighted by atomic mass is 19.4. The van der Waals surface area contributed by atoms with Gasteiger partial charge < -0.3 is 20.5 Å². The van der Waals surface area contributed by atoms with E-state index in [9.17, 15) is 18.0 Å². The number of nitrogens with one attached hydrogen (secondary N) is 1. The minimum absolute atomic E-state index is 0.0641. The quantitative estimate of drug-likeness (QED) is 0.860. The molecule has 1 aliphatic rings. The highest BCUT2D eigenvalue weighted by molar-refractivity contribution is 5.95. The van der Waals surface area contributed by atoms with Crippen molar-refractivity contribution in [3.8, 4) is 5.75 Å². The molecule has 0 saturated carbocycles. The van der Waals surface area contributed by atoms with Gasteiger partial charge in [0.15, 0.2) is 6.61 Å². The predicted molar refractivity (Wildman–Crippen MR) is 82.9 cm³/mol. The van der Waals surface area contributed by atoms with Crippen LogP contribution in [0, 0.1) is 12.8 Å². The molecular weight excluding hydrogens is 325 g/mol. The number of amides is 1. The first-order valence-corrected chi connectivity index (χ1v) is 7.70. The van der Waals surface area contributed by atoms with Gasteiger partial charge in [0.1, 0.15) is 5.75 Å². The van der Waals surface area contributed by atoms with Crippen molar-refractivity contribution in [2.24, 2.45) is 11.7 Å². The summed E-state index contributed by atoms with van der Waals surface area (Å²) >= 11 is 0.